The minimum atomic E-state index is -4.92. The lowest BCUT2D eigenvalue weighted by molar-refractivity contribution is -0.137. The quantitative estimate of drug-likeness (QED) is 0.785. The fraction of sp³-hybridized carbons (Fsp3) is 0.250. The maximum absolute atomic E-state index is 12.6. The number of sulfone groups is 1. The molecule has 4 N–H and O–H groups in total. The summed E-state index contributed by atoms with van der Waals surface area (Å²) < 4.78 is 82.9. The summed E-state index contributed by atoms with van der Waals surface area (Å²) in [6.45, 7) is 0. The number of primary sulfonamides is 1. The van der Waals surface area contributed by atoms with Gasteiger partial charge in [0.1, 0.15) is 0 Å². The Morgan fingerprint density at radius 2 is 1.65 bits per heavy atom. The van der Waals surface area contributed by atoms with Gasteiger partial charge in [-0.3, -0.25) is 0 Å². The molecule has 0 spiro atoms. The van der Waals surface area contributed by atoms with Crippen LogP contribution in [-0.2, 0) is 26.0 Å². The van der Waals surface area contributed by atoms with Gasteiger partial charge in [0.15, 0.2) is 14.9 Å². The Balaban J connectivity index is 3.55. The lowest BCUT2D eigenvalue weighted by atomic mass is 10.2. The van der Waals surface area contributed by atoms with Gasteiger partial charge in [-0.1, -0.05) is 11.6 Å². The molecule has 0 amide bonds. The molecule has 0 saturated carbocycles. The molecular weight excluding hydrogens is 345 g/mol. The molecule has 12 heteroatoms. The van der Waals surface area contributed by atoms with E-state index in [9.17, 15) is 30.0 Å². The Kier molecular flexibility index (Phi) is 4.30. The number of hydrogen-bond acceptors (Lipinski definition) is 5. The van der Waals surface area contributed by atoms with Gasteiger partial charge in [-0.15, -0.1) is 0 Å². The van der Waals surface area contributed by atoms with Crippen LogP contribution in [0.2, 0.25) is 5.02 Å². The van der Waals surface area contributed by atoms with E-state index in [2.05, 4.69) is 5.14 Å². The van der Waals surface area contributed by atoms with Crippen molar-refractivity contribution in [1.82, 2.24) is 0 Å². The van der Waals surface area contributed by atoms with Gasteiger partial charge in [-0.05, 0) is 12.1 Å². The van der Waals surface area contributed by atoms with Gasteiger partial charge < -0.3 is 5.73 Å². The predicted octanol–water partition coefficient (Wildman–Crippen LogP) is 0.961. The van der Waals surface area contributed by atoms with Crippen LogP contribution in [0, 0.1) is 0 Å². The molecule has 0 radical (unpaired) electrons. The molecule has 1 aromatic carbocycles. The standard InChI is InChI=1S/C8H8ClF3N2O4S2/c9-5-2-6(13)4(8(10,11)12)1-7(5)19(15,16)3-20(14,17)18/h1-2H,3,13H2,(H2,14,17,18). The van der Waals surface area contributed by atoms with Gasteiger partial charge in [-0.25, -0.2) is 22.0 Å². The number of hydrogen-bond donors (Lipinski definition) is 2. The van der Waals surface area contributed by atoms with Crippen LogP contribution in [-0.4, -0.2) is 21.9 Å². The van der Waals surface area contributed by atoms with Crippen LogP contribution >= 0.6 is 11.6 Å². The van der Waals surface area contributed by atoms with Crippen molar-refractivity contribution in [2.24, 2.45) is 5.14 Å². The second-order valence-electron chi connectivity index (χ2n) is 3.76. The minimum absolute atomic E-state index is 0.179. The maximum atomic E-state index is 12.6. The highest BCUT2D eigenvalue weighted by Crippen LogP contribution is 2.38. The van der Waals surface area contributed by atoms with E-state index in [1.165, 1.54) is 0 Å². The molecule has 0 aliphatic heterocycles. The number of nitrogen functional groups attached to an aromatic ring is 1. The van der Waals surface area contributed by atoms with Crippen LogP contribution in [0.25, 0.3) is 0 Å². The molecule has 0 atom stereocenters. The predicted molar refractivity (Wildman–Crippen MR) is 66.0 cm³/mol. The number of sulfonamides is 1. The zero-order valence-corrected chi connectivity index (χ0v) is 11.9. The first-order chi connectivity index (χ1) is 8.74. The third kappa shape index (κ3) is 3.98. The molecular formula is C8H8ClF3N2O4S2. The zero-order valence-electron chi connectivity index (χ0n) is 9.48. The summed E-state index contributed by atoms with van der Waals surface area (Å²) in [6.07, 6.45) is -4.92. The lowest BCUT2D eigenvalue weighted by Crippen LogP contribution is -2.24. The number of halogens is 4. The molecule has 0 fully saturated rings. The molecule has 1 rings (SSSR count). The normalized spacial score (nSPS) is 13.4. The largest absolute Gasteiger partial charge is 0.418 e. The Labute approximate surface area is 117 Å². The first-order valence-corrected chi connectivity index (χ1v) is 8.38. The summed E-state index contributed by atoms with van der Waals surface area (Å²) in [4.78, 5) is -1.00. The summed E-state index contributed by atoms with van der Waals surface area (Å²) >= 11 is 5.50. The topological polar surface area (TPSA) is 120 Å². The molecule has 1 aromatic rings. The molecule has 0 heterocycles. The van der Waals surface area contributed by atoms with E-state index in [4.69, 9.17) is 17.3 Å². The lowest BCUT2D eigenvalue weighted by Gasteiger charge is -2.13. The Morgan fingerprint density at radius 1 is 1.15 bits per heavy atom. The second-order valence-corrected chi connectivity index (χ2v) is 8.11. The van der Waals surface area contributed by atoms with Gasteiger partial charge in [0.05, 0.1) is 15.5 Å². The third-order valence-corrected chi connectivity index (χ3v) is 6.05. The highest BCUT2D eigenvalue weighted by molar-refractivity contribution is 8.07. The zero-order chi connectivity index (χ0) is 15.9. The Bertz CT molecular complexity index is 744. The van der Waals surface area contributed by atoms with Crippen LogP contribution in [0.5, 0.6) is 0 Å². The van der Waals surface area contributed by atoms with Crippen LogP contribution < -0.4 is 10.9 Å². The summed E-state index contributed by atoms with van der Waals surface area (Å²) in [7, 11) is -9.11. The van der Waals surface area contributed by atoms with Crippen molar-refractivity contribution in [3.05, 3.63) is 22.7 Å². The monoisotopic (exact) mass is 352 g/mol. The van der Waals surface area contributed by atoms with Gasteiger partial charge in [0.25, 0.3) is 0 Å². The highest BCUT2D eigenvalue weighted by Gasteiger charge is 2.36. The van der Waals surface area contributed by atoms with Gasteiger partial charge >= 0.3 is 6.18 Å². The summed E-state index contributed by atoms with van der Waals surface area (Å²) in [5.74, 6) is 0. The molecule has 0 unspecified atom stereocenters. The van der Waals surface area contributed by atoms with Crippen molar-refractivity contribution in [3.63, 3.8) is 0 Å². The van der Waals surface area contributed by atoms with E-state index >= 15 is 0 Å². The molecule has 114 valence electrons. The molecule has 0 bridgehead atoms. The summed E-state index contributed by atoms with van der Waals surface area (Å²) in [5.41, 5.74) is 2.89. The maximum Gasteiger partial charge on any atom is 0.418 e. The second kappa shape index (κ2) is 5.06. The average Bonchev–Trinajstić information content (AvgIpc) is 2.09. The summed E-state index contributed by atoms with van der Waals surface area (Å²) in [6, 6.07) is 0.762. The van der Waals surface area contributed by atoms with Crippen molar-refractivity contribution in [3.8, 4) is 0 Å². The molecule has 0 aliphatic carbocycles. The average molecular weight is 353 g/mol. The Hall–Kier alpha value is -1.04. The van der Waals surface area contributed by atoms with Crippen LogP contribution in [0.3, 0.4) is 0 Å². The van der Waals surface area contributed by atoms with E-state index in [0.29, 0.717) is 6.07 Å². The number of nitrogens with two attached hydrogens (primary N) is 2. The van der Waals surface area contributed by atoms with Crippen molar-refractivity contribution in [2.75, 3.05) is 10.8 Å². The summed E-state index contributed by atoms with van der Waals surface area (Å²) in [5, 5.41) is 2.37. The van der Waals surface area contributed by atoms with E-state index in [0.717, 1.165) is 0 Å². The van der Waals surface area contributed by atoms with Crippen molar-refractivity contribution >= 4 is 37.1 Å². The smallest absolute Gasteiger partial charge is 0.398 e. The number of anilines is 1. The van der Waals surface area contributed by atoms with Gasteiger partial charge in [-0.2, -0.15) is 13.2 Å². The number of alkyl halides is 3. The fourth-order valence-corrected chi connectivity index (χ4v) is 4.75. The fourth-order valence-electron chi connectivity index (χ4n) is 1.33. The first kappa shape index (κ1) is 17.0. The molecule has 0 aliphatic rings. The van der Waals surface area contributed by atoms with E-state index in [1.54, 1.807) is 0 Å². The van der Waals surface area contributed by atoms with Crippen LogP contribution in [0.1, 0.15) is 5.56 Å². The van der Waals surface area contributed by atoms with Crippen molar-refractivity contribution in [2.45, 2.75) is 11.1 Å². The molecule has 0 aromatic heterocycles. The third-order valence-electron chi connectivity index (χ3n) is 2.06. The van der Waals surface area contributed by atoms with Gasteiger partial charge in [0.2, 0.25) is 10.0 Å². The van der Waals surface area contributed by atoms with Gasteiger partial charge in [0, 0.05) is 5.69 Å². The minimum Gasteiger partial charge on any atom is -0.398 e. The number of benzene rings is 1. The number of rotatable bonds is 3. The van der Waals surface area contributed by atoms with Crippen LogP contribution in [0.15, 0.2) is 17.0 Å². The van der Waals surface area contributed by atoms with Crippen LogP contribution in [0.4, 0.5) is 18.9 Å². The van der Waals surface area contributed by atoms with Crippen molar-refractivity contribution in [1.29, 1.82) is 0 Å². The first-order valence-electron chi connectivity index (χ1n) is 4.63. The highest BCUT2D eigenvalue weighted by atomic mass is 35.5. The van der Waals surface area contributed by atoms with E-state index in [-0.39, 0.29) is 6.07 Å². The SMILES string of the molecule is Nc1cc(Cl)c(S(=O)(=O)CS(N)(=O)=O)cc1C(F)(F)F. The Morgan fingerprint density at radius 3 is 2.05 bits per heavy atom. The van der Waals surface area contributed by atoms with Crippen molar-refractivity contribution < 1.29 is 30.0 Å². The molecule has 6 nitrogen and oxygen atoms in total. The molecule has 0 saturated heterocycles. The molecule has 20 heavy (non-hydrogen) atoms. The van der Waals surface area contributed by atoms with E-state index < -0.39 is 52.3 Å². The van der Waals surface area contributed by atoms with E-state index in [1.807, 2.05) is 0 Å².